The molecule has 1 saturated carbocycles. The molecule has 1 unspecified atom stereocenters. The summed E-state index contributed by atoms with van der Waals surface area (Å²) in [6.45, 7) is 0. The van der Waals surface area contributed by atoms with Crippen molar-refractivity contribution in [2.24, 2.45) is 0 Å². The first-order valence-electron chi connectivity index (χ1n) is 9.16. The molecule has 0 saturated heterocycles. The number of rotatable bonds is 3. The molecule has 1 atom stereocenters. The summed E-state index contributed by atoms with van der Waals surface area (Å²) in [5.74, 6) is -1.90. The molecule has 1 aliphatic carbocycles. The first-order chi connectivity index (χ1) is 13.0. The van der Waals surface area contributed by atoms with E-state index in [-0.39, 0.29) is 35.2 Å². The van der Waals surface area contributed by atoms with Crippen LogP contribution in [0, 0.1) is 0 Å². The monoisotopic (exact) mass is 371 g/mol. The molecule has 1 aromatic heterocycles. The molecular weight excluding hydrogens is 350 g/mol. The summed E-state index contributed by atoms with van der Waals surface area (Å²) >= 11 is 0. The Morgan fingerprint density at radius 3 is 2.59 bits per heavy atom. The number of anilines is 1. The molecule has 0 spiro atoms. The fraction of sp³-hybridized carbons (Fsp3) is 0.421. The molecule has 0 bridgehead atoms. The number of amides is 1. The van der Waals surface area contributed by atoms with Gasteiger partial charge in [-0.15, -0.1) is 0 Å². The quantitative estimate of drug-likeness (QED) is 0.660. The average Bonchev–Trinajstić information content (AvgIpc) is 2.98. The molecule has 1 fully saturated rings. The van der Waals surface area contributed by atoms with Crippen molar-refractivity contribution in [3.63, 3.8) is 0 Å². The second kappa shape index (κ2) is 6.61. The Bertz CT molecular complexity index is 968. The predicted molar refractivity (Wildman–Crippen MR) is 97.3 cm³/mol. The highest BCUT2D eigenvalue weighted by Crippen LogP contribution is 2.39. The van der Waals surface area contributed by atoms with E-state index in [0.717, 1.165) is 25.7 Å². The Labute approximate surface area is 154 Å². The van der Waals surface area contributed by atoms with Gasteiger partial charge in [-0.3, -0.25) is 19.4 Å². The number of carbonyl (C=O) groups is 2. The maximum atomic E-state index is 12.7. The number of hydrogen-bond acceptors (Lipinski definition) is 4. The van der Waals surface area contributed by atoms with Crippen LogP contribution in [0.4, 0.5) is 5.82 Å². The average molecular weight is 371 g/mol. The topological polar surface area (TPSA) is 124 Å². The van der Waals surface area contributed by atoms with E-state index < -0.39 is 11.9 Å². The zero-order valence-corrected chi connectivity index (χ0v) is 14.7. The maximum absolute atomic E-state index is 12.7. The first-order valence-corrected chi connectivity index (χ1v) is 9.16. The van der Waals surface area contributed by atoms with Crippen molar-refractivity contribution >= 4 is 17.7 Å². The number of hydrogen-bond donors (Lipinski definition) is 4. The van der Waals surface area contributed by atoms with E-state index >= 15 is 0 Å². The molecule has 4 rings (SSSR count). The minimum Gasteiger partial charge on any atom is -0.507 e. The van der Waals surface area contributed by atoms with Crippen molar-refractivity contribution in [1.29, 1.82) is 0 Å². The Hall–Kier alpha value is -3.03. The molecule has 27 heavy (non-hydrogen) atoms. The SMILES string of the molecule is O=C1CC(c2ccc(O)c(C(=O)O)c2)c2c(n(C3CCCCC3)[nH]c2=O)N1. The molecule has 8 nitrogen and oxygen atoms in total. The lowest BCUT2D eigenvalue weighted by atomic mass is 9.86. The summed E-state index contributed by atoms with van der Waals surface area (Å²) in [5.41, 5.74) is 0.448. The Kier molecular flexibility index (Phi) is 4.25. The van der Waals surface area contributed by atoms with E-state index in [4.69, 9.17) is 0 Å². The van der Waals surface area contributed by atoms with Crippen molar-refractivity contribution < 1.29 is 19.8 Å². The fourth-order valence-corrected chi connectivity index (χ4v) is 4.22. The Morgan fingerprint density at radius 2 is 1.89 bits per heavy atom. The standard InChI is InChI=1S/C19H21N3O5/c23-14-7-6-10(8-13(14)19(26)27)12-9-15(24)20-17-16(12)18(25)21-22(17)11-4-2-1-3-5-11/h6-8,11-12,23H,1-5,9H2,(H,20,24)(H,21,25)(H,26,27). The summed E-state index contributed by atoms with van der Waals surface area (Å²) in [7, 11) is 0. The second-order valence-electron chi connectivity index (χ2n) is 7.25. The highest BCUT2D eigenvalue weighted by atomic mass is 16.4. The number of benzene rings is 1. The van der Waals surface area contributed by atoms with Crippen LogP contribution in [0.5, 0.6) is 5.75 Å². The van der Waals surface area contributed by atoms with Gasteiger partial charge in [-0.25, -0.2) is 4.79 Å². The number of H-pyrrole nitrogens is 1. The number of carbonyl (C=O) groups excluding carboxylic acids is 1. The van der Waals surface area contributed by atoms with Crippen molar-refractivity contribution in [3.05, 3.63) is 45.2 Å². The molecule has 2 heterocycles. The minimum atomic E-state index is -1.26. The lowest BCUT2D eigenvalue weighted by Gasteiger charge is -2.28. The zero-order valence-electron chi connectivity index (χ0n) is 14.7. The molecule has 1 aliphatic heterocycles. The van der Waals surface area contributed by atoms with Crippen molar-refractivity contribution in [3.8, 4) is 5.75 Å². The fourth-order valence-electron chi connectivity index (χ4n) is 4.22. The Balaban J connectivity index is 1.81. The number of nitrogens with one attached hydrogen (secondary N) is 2. The normalized spacial score (nSPS) is 20.1. The van der Waals surface area contributed by atoms with Gasteiger partial charge in [0, 0.05) is 12.3 Å². The molecule has 2 aliphatic rings. The van der Waals surface area contributed by atoms with Gasteiger partial charge < -0.3 is 15.5 Å². The van der Waals surface area contributed by atoms with Crippen molar-refractivity contribution in [2.45, 2.75) is 50.5 Å². The van der Waals surface area contributed by atoms with Crippen molar-refractivity contribution in [1.82, 2.24) is 9.78 Å². The number of aromatic nitrogens is 2. The van der Waals surface area contributed by atoms with Crippen molar-refractivity contribution in [2.75, 3.05) is 5.32 Å². The van der Waals surface area contributed by atoms with E-state index in [2.05, 4.69) is 10.4 Å². The summed E-state index contributed by atoms with van der Waals surface area (Å²) in [4.78, 5) is 36.4. The lowest BCUT2D eigenvalue weighted by Crippen LogP contribution is -2.27. The van der Waals surface area contributed by atoms with Crippen LogP contribution in [0.2, 0.25) is 0 Å². The van der Waals surface area contributed by atoms with Gasteiger partial charge in [0.1, 0.15) is 17.1 Å². The van der Waals surface area contributed by atoms with Crippen LogP contribution in [0.15, 0.2) is 23.0 Å². The molecule has 1 amide bonds. The van der Waals surface area contributed by atoms with Gasteiger partial charge in [0.05, 0.1) is 11.6 Å². The van der Waals surface area contributed by atoms with Gasteiger partial charge in [-0.2, -0.15) is 0 Å². The van der Waals surface area contributed by atoms with Crippen LogP contribution < -0.4 is 10.9 Å². The van der Waals surface area contributed by atoms with Crippen LogP contribution in [-0.4, -0.2) is 31.9 Å². The molecule has 1 aromatic carbocycles. The third-order valence-electron chi connectivity index (χ3n) is 5.55. The van der Waals surface area contributed by atoms with Crippen LogP contribution in [0.1, 0.15) is 72.0 Å². The largest absolute Gasteiger partial charge is 0.507 e. The summed E-state index contributed by atoms with van der Waals surface area (Å²) in [6, 6.07) is 4.33. The summed E-state index contributed by atoms with van der Waals surface area (Å²) in [6.07, 6.45) is 5.27. The number of aromatic carboxylic acids is 1. The predicted octanol–water partition coefficient (Wildman–Crippen LogP) is 2.56. The molecule has 4 N–H and O–H groups in total. The highest BCUT2D eigenvalue weighted by molar-refractivity contribution is 5.95. The van der Waals surface area contributed by atoms with Gasteiger partial charge in [0.2, 0.25) is 5.91 Å². The van der Waals surface area contributed by atoms with Gasteiger partial charge in [-0.05, 0) is 30.5 Å². The van der Waals surface area contributed by atoms with E-state index in [1.54, 1.807) is 10.7 Å². The molecule has 0 radical (unpaired) electrons. The third kappa shape index (κ3) is 3.01. The molecule has 142 valence electrons. The molecule has 2 aromatic rings. The van der Waals surface area contributed by atoms with Crippen LogP contribution in [0.3, 0.4) is 0 Å². The van der Waals surface area contributed by atoms with Crippen LogP contribution in [0.25, 0.3) is 0 Å². The van der Waals surface area contributed by atoms with Gasteiger partial charge >= 0.3 is 5.97 Å². The summed E-state index contributed by atoms with van der Waals surface area (Å²) in [5, 5.41) is 24.7. The molecule has 8 heteroatoms. The van der Waals surface area contributed by atoms with E-state index in [1.807, 2.05) is 0 Å². The number of aromatic amines is 1. The number of fused-ring (bicyclic) bond motifs is 1. The zero-order chi connectivity index (χ0) is 19.1. The first kappa shape index (κ1) is 17.4. The number of carboxylic acids is 1. The van der Waals surface area contributed by atoms with Gasteiger partial charge in [0.25, 0.3) is 5.56 Å². The number of nitrogens with zero attached hydrogens (tertiary/aromatic N) is 1. The smallest absolute Gasteiger partial charge is 0.339 e. The maximum Gasteiger partial charge on any atom is 0.339 e. The number of aromatic hydroxyl groups is 1. The van der Waals surface area contributed by atoms with E-state index in [9.17, 15) is 24.6 Å². The lowest BCUT2D eigenvalue weighted by molar-refractivity contribution is -0.116. The van der Waals surface area contributed by atoms with Crippen LogP contribution in [-0.2, 0) is 4.79 Å². The Morgan fingerprint density at radius 1 is 1.15 bits per heavy atom. The molecular formula is C19H21N3O5. The van der Waals surface area contributed by atoms with E-state index in [1.165, 1.54) is 18.6 Å². The van der Waals surface area contributed by atoms with Gasteiger partial charge in [0.15, 0.2) is 0 Å². The summed E-state index contributed by atoms with van der Waals surface area (Å²) < 4.78 is 1.78. The minimum absolute atomic E-state index is 0.0502. The van der Waals surface area contributed by atoms with Gasteiger partial charge in [-0.1, -0.05) is 25.3 Å². The number of phenols is 1. The third-order valence-corrected chi connectivity index (χ3v) is 5.55. The second-order valence-corrected chi connectivity index (χ2v) is 7.25. The van der Waals surface area contributed by atoms with E-state index in [0.29, 0.717) is 16.9 Å². The highest BCUT2D eigenvalue weighted by Gasteiger charge is 2.34. The number of carboxylic acid groups (broad SMARTS) is 1. The van der Waals surface area contributed by atoms with Crippen LogP contribution >= 0.6 is 0 Å².